The fraction of sp³-hybridized carbons (Fsp3) is 0.400. The summed E-state index contributed by atoms with van der Waals surface area (Å²) in [6, 6.07) is 7.59. The first kappa shape index (κ1) is 12.7. The number of carboxylic acids is 1. The van der Waals surface area contributed by atoms with Crippen LogP contribution in [-0.2, 0) is 11.2 Å². The molecule has 94 valence electrons. The Balaban J connectivity index is 2.13. The second kappa shape index (κ2) is 5.70. The van der Waals surface area contributed by atoms with Crippen LogP contribution in [0.4, 0.5) is 0 Å². The fourth-order valence-electron chi connectivity index (χ4n) is 2.52. The molecule has 1 unspecified atom stereocenters. The van der Waals surface area contributed by atoms with Crippen LogP contribution in [0.1, 0.15) is 17.5 Å². The van der Waals surface area contributed by atoms with Gasteiger partial charge in [-0.2, -0.15) is 0 Å². The number of aliphatic carboxylic acids is 1. The van der Waals surface area contributed by atoms with Crippen molar-refractivity contribution < 1.29 is 9.90 Å². The van der Waals surface area contributed by atoms with E-state index in [-0.39, 0.29) is 11.8 Å². The summed E-state index contributed by atoms with van der Waals surface area (Å²) in [5.41, 5.74) is 1.81. The van der Waals surface area contributed by atoms with Gasteiger partial charge in [-0.25, -0.2) is 0 Å². The number of hydrogen-bond donors (Lipinski definition) is 2. The van der Waals surface area contributed by atoms with Crippen molar-refractivity contribution in [1.82, 2.24) is 5.32 Å². The van der Waals surface area contributed by atoms with Crippen LogP contribution in [0.3, 0.4) is 0 Å². The molecule has 0 radical (unpaired) electrons. The van der Waals surface area contributed by atoms with Gasteiger partial charge in [0.25, 0.3) is 0 Å². The van der Waals surface area contributed by atoms with Crippen LogP contribution in [0.15, 0.2) is 24.3 Å². The first-order valence-electron chi connectivity index (χ1n) is 6.20. The summed E-state index contributed by atoms with van der Waals surface area (Å²) in [5.74, 6) is 1.76. The lowest BCUT2D eigenvalue weighted by Crippen LogP contribution is -2.27. The van der Waals surface area contributed by atoms with Crippen LogP contribution in [0.2, 0.25) is 0 Å². The van der Waals surface area contributed by atoms with Gasteiger partial charge in [-0.05, 0) is 49.5 Å². The summed E-state index contributed by atoms with van der Waals surface area (Å²) in [5, 5.41) is 12.6. The predicted octanol–water partition coefficient (Wildman–Crippen LogP) is 1.52. The second-order valence-corrected chi connectivity index (χ2v) is 4.75. The third-order valence-electron chi connectivity index (χ3n) is 3.53. The Hall–Kier alpha value is -1.79. The molecule has 0 spiro atoms. The number of carboxylic acid groups (broad SMARTS) is 1. The highest BCUT2D eigenvalue weighted by Gasteiger charge is 2.30. The van der Waals surface area contributed by atoms with Gasteiger partial charge in [-0.3, -0.25) is 4.79 Å². The van der Waals surface area contributed by atoms with Gasteiger partial charge < -0.3 is 10.4 Å². The minimum Gasteiger partial charge on any atom is -0.481 e. The third kappa shape index (κ3) is 2.91. The van der Waals surface area contributed by atoms with Crippen LogP contribution >= 0.6 is 0 Å². The standard InChI is InChI=1S/C15H17NO2/c1-2-11-4-3-5-12(8-11)9-14(15(17)18)13-6-7-16-10-13/h1,3-5,8,13-14,16H,6-7,9-10H2,(H,17,18)/t13-,14?/m0/s1. The summed E-state index contributed by atoms with van der Waals surface area (Å²) in [7, 11) is 0. The number of hydrogen-bond acceptors (Lipinski definition) is 2. The maximum Gasteiger partial charge on any atom is 0.307 e. The number of nitrogens with one attached hydrogen (secondary N) is 1. The number of benzene rings is 1. The molecule has 1 heterocycles. The molecule has 3 heteroatoms. The molecular formula is C15H17NO2. The van der Waals surface area contributed by atoms with Gasteiger partial charge in [0.15, 0.2) is 0 Å². The molecule has 1 aromatic rings. The van der Waals surface area contributed by atoms with Gasteiger partial charge in [-0.1, -0.05) is 18.1 Å². The number of carbonyl (C=O) groups is 1. The molecule has 1 aromatic carbocycles. The van der Waals surface area contributed by atoms with Crippen LogP contribution < -0.4 is 5.32 Å². The Bertz CT molecular complexity index is 470. The van der Waals surface area contributed by atoms with Gasteiger partial charge in [0.1, 0.15) is 0 Å². The second-order valence-electron chi connectivity index (χ2n) is 4.75. The van der Waals surface area contributed by atoms with E-state index in [0.717, 1.165) is 30.6 Å². The van der Waals surface area contributed by atoms with E-state index in [0.29, 0.717) is 6.42 Å². The molecule has 0 aromatic heterocycles. The average Bonchev–Trinajstić information content (AvgIpc) is 2.89. The molecule has 1 fully saturated rings. The zero-order valence-corrected chi connectivity index (χ0v) is 10.2. The fourth-order valence-corrected chi connectivity index (χ4v) is 2.52. The van der Waals surface area contributed by atoms with Crippen molar-refractivity contribution in [2.24, 2.45) is 11.8 Å². The van der Waals surface area contributed by atoms with Crippen LogP contribution in [0, 0.1) is 24.2 Å². The molecule has 0 bridgehead atoms. The first-order valence-corrected chi connectivity index (χ1v) is 6.20. The lowest BCUT2D eigenvalue weighted by molar-refractivity contribution is -0.143. The van der Waals surface area contributed by atoms with Crippen LogP contribution in [-0.4, -0.2) is 24.2 Å². The van der Waals surface area contributed by atoms with Crippen molar-refractivity contribution in [3.8, 4) is 12.3 Å². The van der Waals surface area contributed by atoms with E-state index in [1.54, 1.807) is 0 Å². The smallest absolute Gasteiger partial charge is 0.307 e. The van der Waals surface area contributed by atoms with Gasteiger partial charge in [0.05, 0.1) is 5.92 Å². The monoisotopic (exact) mass is 243 g/mol. The van der Waals surface area contributed by atoms with Crippen molar-refractivity contribution in [1.29, 1.82) is 0 Å². The highest BCUT2D eigenvalue weighted by atomic mass is 16.4. The van der Waals surface area contributed by atoms with Crippen molar-refractivity contribution in [2.75, 3.05) is 13.1 Å². The van der Waals surface area contributed by atoms with E-state index in [2.05, 4.69) is 11.2 Å². The molecule has 1 saturated heterocycles. The van der Waals surface area contributed by atoms with E-state index in [1.807, 2.05) is 24.3 Å². The van der Waals surface area contributed by atoms with Crippen molar-refractivity contribution in [3.63, 3.8) is 0 Å². The predicted molar refractivity (Wildman–Crippen MR) is 70.2 cm³/mol. The number of rotatable bonds is 4. The van der Waals surface area contributed by atoms with Gasteiger partial charge in [0, 0.05) is 5.56 Å². The van der Waals surface area contributed by atoms with Crippen molar-refractivity contribution >= 4 is 5.97 Å². The zero-order chi connectivity index (χ0) is 13.0. The topological polar surface area (TPSA) is 49.3 Å². The SMILES string of the molecule is C#Cc1cccc(CC(C(=O)O)[C@H]2CCNC2)c1. The maximum absolute atomic E-state index is 11.4. The molecule has 1 aliphatic heterocycles. The van der Waals surface area contributed by atoms with Gasteiger partial charge >= 0.3 is 5.97 Å². The molecule has 0 aliphatic carbocycles. The van der Waals surface area contributed by atoms with Crippen molar-refractivity contribution in [2.45, 2.75) is 12.8 Å². The van der Waals surface area contributed by atoms with Crippen LogP contribution in [0.25, 0.3) is 0 Å². The van der Waals surface area contributed by atoms with E-state index >= 15 is 0 Å². The summed E-state index contributed by atoms with van der Waals surface area (Å²) < 4.78 is 0. The van der Waals surface area contributed by atoms with Gasteiger partial charge in [-0.15, -0.1) is 6.42 Å². The molecule has 18 heavy (non-hydrogen) atoms. The summed E-state index contributed by atoms with van der Waals surface area (Å²) >= 11 is 0. The Morgan fingerprint density at radius 2 is 2.44 bits per heavy atom. The zero-order valence-electron chi connectivity index (χ0n) is 10.2. The first-order chi connectivity index (χ1) is 8.70. The largest absolute Gasteiger partial charge is 0.481 e. The summed E-state index contributed by atoms with van der Waals surface area (Å²) in [4.78, 5) is 11.4. The summed E-state index contributed by atoms with van der Waals surface area (Å²) in [6.45, 7) is 1.71. The molecule has 1 aliphatic rings. The quantitative estimate of drug-likeness (QED) is 0.788. The normalized spacial score (nSPS) is 20.3. The lowest BCUT2D eigenvalue weighted by atomic mass is 9.86. The lowest BCUT2D eigenvalue weighted by Gasteiger charge is -2.18. The van der Waals surface area contributed by atoms with Gasteiger partial charge in [0.2, 0.25) is 0 Å². The molecule has 2 atom stereocenters. The maximum atomic E-state index is 11.4. The Kier molecular flexibility index (Phi) is 4.01. The molecule has 0 amide bonds. The molecule has 2 rings (SSSR count). The third-order valence-corrected chi connectivity index (χ3v) is 3.53. The Morgan fingerprint density at radius 3 is 3.06 bits per heavy atom. The average molecular weight is 243 g/mol. The van der Waals surface area contributed by atoms with E-state index in [1.165, 1.54) is 0 Å². The highest BCUT2D eigenvalue weighted by Crippen LogP contribution is 2.23. The van der Waals surface area contributed by atoms with Crippen LogP contribution in [0.5, 0.6) is 0 Å². The molecule has 0 saturated carbocycles. The minimum absolute atomic E-state index is 0.219. The number of terminal acetylenes is 1. The van der Waals surface area contributed by atoms with Crippen molar-refractivity contribution in [3.05, 3.63) is 35.4 Å². The van der Waals surface area contributed by atoms with E-state index < -0.39 is 5.97 Å². The van der Waals surface area contributed by atoms with E-state index in [9.17, 15) is 9.90 Å². The highest BCUT2D eigenvalue weighted by molar-refractivity contribution is 5.71. The molecular weight excluding hydrogens is 226 g/mol. The minimum atomic E-state index is -0.713. The van der Waals surface area contributed by atoms with E-state index in [4.69, 9.17) is 6.42 Å². The molecule has 2 N–H and O–H groups in total. The Labute approximate surface area is 107 Å². The summed E-state index contributed by atoms with van der Waals surface area (Å²) in [6.07, 6.45) is 6.84. The Morgan fingerprint density at radius 1 is 1.61 bits per heavy atom. The molecule has 3 nitrogen and oxygen atoms in total.